The van der Waals surface area contributed by atoms with Crippen LogP contribution in [0.1, 0.15) is 49.3 Å². The normalized spacial score (nSPS) is 28.9. The molecule has 3 heteroatoms. The highest BCUT2D eigenvalue weighted by atomic mass is 16.5. The van der Waals surface area contributed by atoms with Crippen LogP contribution in [-0.2, 0) is 11.2 Å². The summed E-state index contributed by atoms with van der Waals surface area (Å²) in [6, 6.07) is 4.43. The average molecular weight is 246 g/mol. The first kappa shape index (κ1) is 12.1. The number of hydrogen-bond donors (Lipinski definition) is 1. The van der Waals surface area contributed by atoms with Gasteiger partial charge in [-0.2, -0.15) is 0 Å². The molecule has 2 heterocycles. The number of nitrogens with two attached hydrogens (primary N) is 1. The number of nitrogens with zero attached hydrogens (tertiary/aromatic N) is 1. The zero-order valence-electron chi connectivity index (χ0n) is 10.8. The van der Waals surface area contributed by atoms with Crippen LogP contribution in [0, 0.1) is 0 Å². The summed E-state index contributed by atoms with van der Waals surface area (Å²) < 4.78 is 5.70. The maximum atomic E-state index is 6.42. The van der Waals surface area contributed by atoms with Crippen molar-refractivity contribution in [3.05, 3.63) is 29.6 Å². The highest BCUT2D eigenvalue weighted by molar-refractivity contribution is 5.27. The molecule has 98 valence electrons. The molecule has 1 aromatic rings. The third-order valence-corrected chi connectivity index (χ3v) is 4.31. The van der Waals surface area contributed by atoms with E-state index < -0.39 is 0 Å². The van der Waals surface area contributed by atoms with Crippen molar-refractivity contribution in [3.8, 4) is 0 Å². The smallest absolute Gasteiger partial charge is 0.0591 e. The van der Waals surface area contributed by atoms with Gasteiger partial charge in [0.2, 0.25) is 0 Å². The van der Waals surface area contributed by atoms with Crippen molar-refractivity contribution in [1.29, 1.82) is 0 Å². The van der Waals surface area contributed by atoms with E-state index in [1.807, 2.05) is 12.3 Å². The topological polar surface area (TPSA) is 48.1 Å². The molecule has 0 spiro atoms. The van der Waals surface area contributed by atoms with E-state index in [0.29, 0.717) is 12.0 Å². The van der Waals surface area contributed by atoms with Gasteiger partial charge in [-0.15, -0.1) is 0 Å². The first-order chi connectivity index (χ1) is 8.84. The summed E-state index contributed by atoms with van der Waals surface area (Å²) >= 11 is 0. The molecule has 3 rings (SSSR count). The minimum Gasteiger partial charge on any atom is -0.378 e. The molecule has 1 aliphatic heterocycles. The van der Waals surface area contributed by atoms with Crippen molar-refractivity contribution < 1.29 is 4.74 Å². The van der Waals surface area contributed by atoms with Crippen molar-refractivity contribution in [2.45, 2.75) is 56.6 Å². The first-order valence-electron chi connectivity index (χ1n) is 7.15. The van der Waals surface area contributed by atoms with Crippen LogP contribution in [-0.4, -0.2) is 23.7 Å². The SMILES string of the molecule is NC(CC1CCCO1)C1CCCc2cccnc21. The Labute approximate surface area is 109 Å². The second-order valence-electron chi connectivity index (χ2n) is 5.58. The number of fused-ring (bicyclic) bond motifs is 1. The number of pyridine rings is 1. The summed E-state index contributed by atoms with van der Waals surface area (Å²) in [6.07, 6.45) is 9.21. The molecule has 0 radical (unpaired) electrons. The maximum absolute atomic E-state index is 6.42. The number of ether oxygens (including phenoxy) is 1. The summed E-state index contributed by atoms with van der Waals surface area (Å²) in [4.78, 5) is 4.58. The fourth-order valence-corrected chi connectivity index (χ4v) is 3.36. The third-order valence-electron chi connectivity index (χ3n) is 4.31. The van der Waals surface area contributed by atoms with Crippen molar-refractivity contribution >= 4 is 0 Å². The Balaban J connectivity index is 1.72. The third kappa shape index (κ3) is 2.43. The fourth-order valence-electron chi connectivity index (χ4n) is 3.36. The van der Waals surface area contributed by atoms with E-state index in [1.165, 1.54) is 36.9 Å². The van der Waals surface area contributed by atoms with Gasteiger partial charge in [-0.3, -0.25) is 4.98 Å². The zero-order chi connectivity index (χ0) is 12.4. The molecule has 1 aromatic heterocycles. The van der Waals surface area contributed by atoms with E-state index in [-0.39, 0.29) is 6.04 Å². The van der Waals surface area contributed by atoms with E-state index in [2.05, 4.69) is 11.1 Å². The molecule has 0 aromatic carbocycles. The fraction of sp³-hybridized carbons (Fsp3) is 0.667. The molecule has 3 nitrogen and oxygen atoms in total. The van der Waals surface area contributed by atoms with Gasteiger partial charge in [0.15, 0.2) is 0 Å². The van der Waals surface area contributed by atoms with Gasteiger partial charge in [-0.25, -0.2) is 0 Å². The Morgan fingerprint density at radius 2 is 2.33 bits per heavy atom. The summed E-state index contributed by atoms with van der Waals surface area (Å²) in [6.45, 7) is 0.914. The lowest BCUT2D eigenvalue weighted by molar-refractivity contribution is 0.0948. The van der Waals surface area contributed by atoms with Crippen molar-refractivity contribution in [2.24, 2.45) is 5.73 Å². The number of aryl methyl sites for hydroxylation is 1. The second-order valence-corrected chi connectivity index (χ2v) is 5.58. The van der Waals surface area contributed by atoms with Gasteiger partial charge in [0, 0.05) is 30.5 Å². The Morgan fingerprint density at radius 1 is 1.39 bits per heavy atom. The molecule has 2 aliphatic rings. The quantitative estimate of drug-likeness (QED) is 0.891. The lowest BCUT2D eigenvalue weighted by Gasteiger charge is -2.30. The van der Waals surface area contributed by atoms with Crippen LogP contribution in [0.2, 0.25) is 0 Å². The standard InChI is InChI=1S/C15H22N2O/c16-14(10-12-6-3-9-18-12)13-7-1-4-11-5-2-8-17-15(11)13/h2,5,8,12-14H,1,3-4,6-7,9-10,16H2. The molecule has 1 aliphatic carbocycles. The monoisotopic (exact) mass is 246 g/mol. The minimum absolute atomic E-state index is 0.196. The van der Waals surface area contributed by atoms with Crippen molar-refractivity contribution in [3.63, 3.8) is 0 Å². The van der Waals surface area contributed by atoms with E-state index >= 15 is 0 Å². The molecule has 3 unspecified atom stereocenters. The van der Waals surface area contributed by atoms with Crippen LogP contribution < -0.4 is 5.73 Å². The highest BCUT2D eigenvalue weighted by Gasteiger charge is 2.29. The van der Waals surface area contributed by atoms with E-state index in [9.17, 15) is 0 Å². The predicted molar refractivity (Wildman–Crippen MR) is 71.5 cm³/mol. The van der Waals surface area contributed by atoms with Crippen LogP contribution in [0.5, 0.6) is 0 Å². The van der Waals surface area contributed by atoms with Gasteiger partial charge < -0.3 is 10.5 Å². The van der Waals surface area contributed by atoms with E-state index in [0.717, 1.165) is 19.4 Å². The van der Waals surface area contributed by atoms with Crippen LogP contribution in [0.4, 0.5) is 0 Å². The Kier molecular flexibility index (Phi) is 3.62. The number of hydrogen-bond acceptors (Lipinski definition) is 3. The van der Waals surface area contributed by atoms with Crippen LogP contribution in [0.25, 0.3) is 0 Å². The molecule has 1 fully saturated rings. The molecular formula is C15H22N2O. The van der Waals surface area contributed by atoms with Gasteiger partial charge in [0.25, 0.3) is 0 Å². The molecule has 1 saturated heterocycles. The Bertz CT molecular complexity index is 401. The number of aromatic nitrogens is 1. The largest absolute Gasteiger partial charge is 0.378 e. The molecule has 0 bridgehead atoms. The summed E-state index contributed by atoms with van der Waals surface area (Å²) in [5.74, 6) is 0.430. The van der Waals surface area contributed by atoms with Crippen LogP contribution >= 0.6 is 0 Å². The lowest BCUT2D eigenvalue weighted by Crippen LogP contribution is -2.34. The van der Waals surface area contributed by atoms with Crippen LogP contribution in [0.15, 0.2) is 18.3 Å². The molecule has 18 heavy (non-hydrogen) atoms. The van der Waals surface area contributed by atoms with Gasteiger partial charge in [-0.05, 0) is 50.2 Å². The highest BCUT2D eigenvalue weighted by Crippen LogP contribution is 2.34. The van der Waals surface area contributed by atoms with Gasteiger partial charge in [0.05, 0.1) is 6.10 Å². The summed E-state index contributed by atoms with van der Waals surface area (Å²) in [5.41, 5.74) is 9.07. The molecule has 0 amide bonds. The first-order valence-corrected chi connectivity index (χ1v) is 7.15. The van der Waals surface area contributed by atoms with Gasteiger partial charge in [-0.1, -0.05) is 6.07 Å². The predicted octanol–water partition coefficient (Wildman–Crippen LogP) is 2.40. The molecule has 0 saturated carbocycles. The minimum atomic E-state index is 0.196. The number of rotatable bonds is 3. The van der Waals surface area contributed by atoms with Crippen molar-refractivity contribution in [1.82, 2.24) is 4.98 Å². The van der Waals surface area contributed by atoms with Crippen LogP contribution in [0.3, 0.4) is 0 Å². The Morgan fingerprint density at radius 3 is 3.17 bits per heavy atom. The second kappa shape index (κ2) is 5.37. The molecular weight excluding hydrogens is 224 g/mol. The zero-order valence-corrected chi connectivity index (χ0v) is 10.8. The lowest BCUT2D eigenvalue weighted by atomic mass is 9.80. The Hall–Kier alpha value is -0.930. The summed E-state index contributed by atoms with van der Waals surface area (Å²) in [7, 11) is 0. The maximum Gasteiger partial charge on any atom is 0.0591 e. The van der Waals surface area contributed by atoms with E-state index in [1.54, 1.807) is 0 Å². The van der Waals surface area contributed by atoms with Crippen molar-refractivity contribution in [2.75, 3.05) is 6.61 Å². The van der Waals surface area contributed by atoms with Gasteiger partial charge >= 0.3 is 0 Å². The average Bonchev–Trinajstić information content (AvgIpc) is 2.91. The summed E-state index contributed by atoms with van der Waals surface area (Å²) in [5, 5.41) is 0. The van der Waals surface area contributed by atoms with E-state index in [4.69, 9.17) is 10.5 Å². The molecule has 2 N–H and O–H groups in total. The molecule has 3 atom stereocenters. The van der Waals surface area contributed by atoms with Gasteiger partial charge in [0.1, 0.15) is 0 Å².